The third kappa shape index (κ3) is 5.17. The minimum Gasteiger partial charge on any atom is -0.494 e. The van der Waals surface area contributed by atoms with Crippen molar-refractivity contribution in [3.63, 3.8) is 0 Å². The number of nitrogens with one attached hydrogen (secondary N) is 1. The van der Waals surface area contributed by atoms with Crippen molar-refractivity contribution < 1.29 is 14.6 Å². The summed E-state index contributed by atoms with van der Waals surface area (Å²) < 4.78 is 6.42. The molecule has 1 heterocycles. The fourth-order valence-corrected chi connectivity index (χ4v) is 3.47. The fraction of sp³-hybridized carbons (Fsp3) is 0.348. The van der Waals surface area contributed by atoms with Crippen LogP contribution < -0.4 is 16.0 Å². The second kappa shape index (κ2) is 9.91. The van der Waals surface area contributed by atoms with E-state index >= 15 is 0 Å². The van der Waals surface area contributed by atoms with Gasteiger partial charge in [0.15, 0.2) is 5.78 Å². The van der Waals surface area contributed by atoms with Crippen LogP contribution in [0, 0.1) is 0 Å². The van der Waals surface area contributed by atoms with Gasteiger partial charge in [0.25, 0.3) is 5.56 Å². The Balaban J connectivity index is 1.80. The molecule has 1 aromatic heterocycles. The van der Waals surface area contributed by atoms with Crippen molar-refractivity contribution >= 4 is 11.9 Å². The Morgan fingerprint density at radius 1 is 1.23 bits per heavy atom. The first kappa shape index (κ1) is 21.4. The molecule has 0 saturated heterocycles. The summed E-state index contributed by atoms with van der Waals surface area (Å²) in [5, 5.41) is 10.5. The number of carbonyl (C=O) groups excluding carboxylic acids is 1. The van der Waals surface area contributed by atoms with Gasteiger partial charge < -0.3 is 9.84 Å². The lowest BCUT2D eigenvalue weighted by Crippen LogP contribution is -2.33. The maximum Gasteiger partial charge on any atom is 0.331 e. The number of aromatic amines is 1. The van der Waals surface area contributed by atoms with Crippen LogP contribution in [0.3, 0.4) is 0 Å². The van der Waals surface area contributed by atoms with Crippen molar-refractivity contribution in [2.75, 3.05) is 6.61 Å². The van der Waals surface area contributed by atoms with Crippen LogP contribution in [0.15, 0.2) is 51.6 Å². The largest absolute Gasteiger partial charge is 0.494 e. The quantitative estimate of drug-likeness (QED) is 0.394. The van der Waals surface area contributed by atoms with E-state index in [1.807, 2.05) is 6.92 Å². The Bertz CT molecular complexity index is 1070. The highest BCUT2D eigenvalue weighted by Crippen LogP contribution is 2.22. The second-order valence-corrected chi connectivity index (χ2v) is 7.17. The van der Waals surface area contributed by atoms with Crippen LogP contribution in [0.25, 0.3) is 6.08 Å². The minimum atomic E-state index is -0.896. The molecule has 0 radical (unpaired) electrons. The molecular formula is C23H26N2O5. The van der Waals surface area contributed by atoms with Gasteiger partial charge in [-0.1, -0.05) is 29.9 Å². The Morgan fingerprint density at radius 2 is 2.00 bits per heavy atom. The van der Waals surface area contributed by atoms with Crippen molar-refractivity contribution in [1.29, 1.82) is 0 Å². The molecule has 0 fully saturated rings. The molecular weight excluding hydrogens is 384 g/mol. The number of allylic oxidation sites excluding steroid dienone is 3. The number of aromatic nitrogens is 2. The Hall–Kier alpha value is -3.35. The summed E-state index contributed by atoms with van der Waals surface area (Å²) in [7, 11) is 0. The van der Waals surface area contributed by atoms with E-state index < -0.39 is 28.5 Å². The van der Waals surface area contributed by atoms with Crippen molar-refractivity contribution in [2.24, 2.45) is 0 Å². The van der Waals surface area contributed by atoms with Gasteiger partial charge in [-0.3, -0.25) is 19.1 Å². The van der Waals surface area contributed by atoms with Gasteiger partial charge in [0.1, 0.15) is 11.3 Å². The highest BCUT2D eigenvalue weighted by atomic mass is 16.5. The Morgan fingerprint density at radius 3 is 2.67 bits per heavy atom. The molecule has 0 atom stereocenters. The topological polar surface area (TPSA) is 101 Å². The van der Waals surface area contributed by atoms with Gasteiger partial charge in [0.2, 0.25) is 5.88 Å². The smallest absolute Gasteiger partial charge is 0.331 e. The number of H-pyrrole nitrogens is 1. The lowest BCUT2D eigenvalue weighted by Gasteiger charge is -2.14. The van der Waals surface area contributed by atoms with Crippen molar-refractivity contribution in [3.8, 4) is 11.6 Å². The SMILES string of the molecule is CCOc1ccc(C=CC(=O)c2c(O)n(CCC3=CCCCC3)c(=O)[nH]c2=O)cc1. The summed E-state index contributed by atoms with van der Waals surface area (Å²) in [5.41, 5.74) is -0.0929. The van der Waals surface area contributed by atoms with Crippen molar-refractivity contribution in [1.82, 2.24) is 9.55 Å². The maximum absolute atomic E-state index is 12.6. The Kier molecular flexibility index (Phi) is 7.06. The highest BCUT2D eigenvalue weighted by molar-refractivity contribution is 6.08. The van der Waals surface area contributed by atoms with E-state index in [-0.39, 0.29) is 6.54 Å². The lowest BCUT2D eigenvalue weighted by atomic mass is 9.97. The lowest BCUT2D eigenvalue weighted by molar-refractivity contribution is 0.104. The van der Waals surface area contributed by atoms with Crippen molar-refractivity contribution in [3.05, 3.63) is 74.0 Å². The van der Waals surface area contributed by atoms with Gasteiger partial charge in [0.05, 0.1) is 6.61 Å². The number of benzene rings is 1. The molecule has 1 aliphatic rings. The summed E-state index contributed by atoms with van der Waals surface area (Å²) in [6.07, 6.45) is 9.75. The van der Waals surface area contributed by atoms with Crippen LogP contribution >= 0.6 is 0 Å². The predicted octanol–water partition coefficient (Wildman–Crippen LogP) is 3.43. The van der Waals surface area contributed by atoms with E-state index in [1.54, 1.807) is 30.3 Å². The number of hydrogen-bond acceptors (Lipinski definition) is 5. The number of rotatable bonds is 8. The zero-order valence-corrected chi connectivity index (χ0v) is 17.0. The fourth-order valence-electron chi connectivity index (χ4n) is 3.47. The van der Waals surface area contributed by atoms with Gasteiger partial charge in [-0.05, 0) is 62.8 Å². The molecule has 1 aliphatic carbocycles. The summed E-state index contributed by atoms with van der Waals surface area (Å²) in [6, 6.07) is 7.10. The number of nitrogens with zero attached hydrogens (tertiary/aromatic N) is 1. The summed E-state index contributed by atoms with van der Waals surface area (Å²) >= 11 is 0. The zero-order valence-electron chi connectivity index (χ0n) is 17.0. The number of ether oxygens (including phenoxy) is 1. The molecule has 2 N–H and O–H groups in total. The van der Waals surface area contributed by atoms with Crippen LogP contribution in [0.5, 0.6) is 11.6 Å². The summed E-state index contributed by atoms with van der Waals surface area (Å²) in [4.78, 5) is 39.1. The third-order valence-electron chi connectivity index (χ3n) is 5.08. The van der Waals surface area contributed by atoms with Gasteiger partial charge >= 0.3 is 5.69 Å². The van der Waals surface area contributed by atoms with E-state index in [9.17, 15) is 19.5 Å². The molecule has 7 heteroatoms. The minimum absolute atomic E-state index is 0.205. The number of hydrogen-bond donors (Lipinski definition) is 2. The van der Waals surface area contributed by atoms with Gasteiger partial charge in [-0.25, -0.2) is 4.79 Å². The molecule has 1 aromatic carbocycles. The molecule has 2 aromatic rings. The summed E-state index contributed by atoms with van der Waals surface area (Å²) in [6.45, 7) is 2.65. The van der Waals surface area contributed by atoms with Crippen LogP contribution in [0.4, 0.5) is 0 Å². The van der Waals surface area contributed by atoms with E-state index in [1.165, 1.54) is 11.6 Å². The predicted molar refractivity (Wildman–Crippen MR) is 115 cm³/mol. The number of ketones is 1. The molecule has 0 unspecified atom stereocenters. The molecule has 0 saturated carbocycles. The first-order valence-electron chi connectivity index (χ1n) is 10.2. The first-order chi connectivity index (χ1) is 14.5. The molecule has 30 heavy (non-hydrogen) atoms. The molecule has 0 spiro atoms. The number of carbonyl (C=O) groups is 1. The molecule has 3 rings (SSSR count). The number of aromatic hydroxyl groups is 1. The molecule has 0 bridgehead atoms. The van der Waals surface area contributed by atoms with E-state index in [4.69, 9.17) is 4.74 Å². The summed E-state index contributed by atoms with van der Waals surface area (Å²) in [5.74, 6) is -0.551. The maximum atomic E-state index is 12.6. The average molecular weight is 410 g/mol. The van der Waals surface area contributed by atoms with E-state index in [0.29, 0.717) is 13.0 Å². The van der Waals surface area contributed by atoms with Gasteiger partial charge in [-0.2, -0.15) is 0 Å². The van der Waals surface area contributed by atoms with Crippen LogP contribution in [-0.2, 0) is 6.54 Å². The first-order valence-corrected chi connectivity index (χ1v) is 10.2. The zero-order chi connectivity index (χ0) is 21.5. The third-order valence-corrected chi connectivity index (χ3v) is 5.08. The molecule has 0 aliphatic heterocycles. The normalized spacial score (nSPS) is 14.0. The van der Waals surface area contributed by atoms with Crippen LogP contribution in [-0.4, -0.2) is 27.0 Å². The second-order valence-electron chi connectivity index (χ2n) is 7.17. The standard InChI is InChI=1S/C23H26N2O5/c1-2-30-18-11-8-17(9-12-18)10-13-19(26)20-21(27)24-23(29)25(22(20)28)15-14-16-6-4-3-5-7-16/h6,8-13,28H,2-5,7,14-15H2,1H3,(H,24,27,29). The highest BCUT2D eigenvalue weighted by Gasteiger charge is 2.19. The molecule has 7 nitrogen and oxygen atoms in total. The Labute approximate surface area is 174 Å². The monoisotopic (exact) mass is 410 g/mol. The molecule has 158 valence electrons. The van der Waals surface area contributed by atoms with E-state index in [2.05, 4.69) is 11.1 Å². The van der Waals surface area contributed by atoms with Gasteiger partial charge in [0, 0.05) is 6.54 Å². The van der Waals surface area contributed by atoms with Crippen LogP contribution in [0.1, 0.15) is 54.9 Å². The van der Waals surface area contributed by atoms with E-state index in [0.717, 1.165) is 41.6 Å². The average Bonchev–Trinajstić information content (AvgIpc) is 2.74. The van der Waals surface area contributed by atoms with Crippen LogP contribution in [0.2, 0.25) is 0 Å². The van der Waals surface area contributed by atoms with Gasteiger partial charge in [-0.15, -0.1) is 0 Å². The van der Waals surface area contributed by atoms with Crippen molar-refractivity contribution in [2.45, 2.75) is 45.6 Å². The molecule has 0 amide bonds.